The molecule has 3 aromatic rings. The van der Waals surface area contributed by atoms with Gasteiger partial charge < -0.3 is 19.5 Å². The first-order chi connectivity index (χ1) is 12.7. The van der Waals surface area contributed by atoms with Crippen LogP contribution in [-0.4, -0.2) is 21.4 Å². The predicted octanol–water partition coefficient (Wildman–Crippen LogP) is 2.50. The van der Waals surface area contributed by atoms with Crippen molar-refractivity contribution in [2.75, 3.05) is 6.61 Å². The van der Waals surface area contributed by atoms with Crippen LogP contribution in [0.2, 0.25) is 0 Å². The van der Waals surface area contributed by atoms with E-state index >= 15 is 0 Å². The van der Waals surface area contributed by atoms with Crippen LogP contribution in [0.25, 0.3) is 0 Å². The monoisotopic (exact) mass is 351 g/mol. The Morgan fingerprint density at radius 3 is 2.27 bits per heavy atom. The van der Waals surface area contributed by atoms with Crippen molar-refractivity contribution in [1.82, 2.24) is 4.57 Å². The van der Waals surface area contributed by atoms with Gasteiger partial charge in [-0.05, 0) is 11.1 Å². The highest BCUT2D eigenvalue weighted by atomic mass is 16.5. The number of rotatable bonds is 7. The zero-order valence-corrected chi connectivity index (χ0v) is 14.3. The molecule has 134 valence electrons. The molecular formula is C21H21NO4. The number of hydrogen-bond donors (Lipinski definition) is 2. The lowest BCUT2D eigenvalue weighted by atomic mass is 10.0. The average molecular weight is 351 g/mol. The van der Waals surface area contributed by atoms with Gasteiger partial charge in [0, 0.05) is 18.8 Å². The number of hydrogen-bond acceptors (Lipinski definition) is 4. The lowest BCUT2D eigenvalue weighted by molar-refractivity contribution is 0.190. The summed E-state index contributed by atoms with van der Waals surface area (Å²) >= 11 is 0. The summed E-state index contributed by atoms with van der Waals surface area (Å²) in [5, 5.41) is 20.2. The maximum absolute atomic E-state index is 12.4. The summed E-state index contributed by atoms with van der Waals surface area (Å²) < 4.78 is 7.46. The fraction of sp³-hybridized carbons (Fsp3) is 0.190. The Balaban J connectivity index is 2.01. The highest BCUT2D eigenvalue weighted by Gasteiger charge is 2.22. The Morgan fingerprint density at radius 1 is 0.962 bits per heavy atom. The smallest absolute Gasteiger partial charge is 0.223 e. The fourth-order valence-electron chi connectivity index (χ4n) is 2.82. The Bertz CT molecular complexity index is 891. The van der Waals surface area contributed by atoms with Crippen LogP contribution in [0.4, 0.5) is 0 Å². The van der Waals surface area contributed by atoms with Crippen molar-refractivity contribution in [3.63, 3.8) is 0 Å². The number of pyridine rings is 1. The highest BCUT2D eigenvalue weighted by Crippen LogP contribution is 2.28. The lowest BCUT2D eigenvalue weighted by Crippen LogP contribution is -2.21. The van der Waals surface area contributed by atoms with Crippen LogP contribution in [0.15, 0.2) is 77.7 Å². The first kappa shape index (κ1) is 17.9. The van der Waals surface area contributed by atoms with Crippen molar-refractivity contribution in [2.45, 2.75) is 19.3 Å². The van der Waals surface area contributed by atoms with Gasteiger partial charge in [-0.15, -0.1) is 0 Å². The first-order valence-electron chi connectivity index (χ1n) is 8.44. The summed E-state index contributed by atoms with van der Waals surface area (Å²) in [4.78, 5) is 12.4. The third-order valence-corrected chi connectivity index (χ3v) is 4.11. The van der Waals surface area contributed by atoms with E-state index in [2.05, 4.69) is 0 Å². The molecule has 2 N–H and O–H groups in total. The second-order valence-electron chi connectivity index (χ2n) is 5.90. The van der Waals surface area contributed by atoms with E-state index in [0.29, 0.717) is 11.3 Å². The maximum atomic E-state index is 12.4. The van der Waals surface area contributed by atoms with Crippen LogP contribution in [0, 0.1) is 0 Å². The largest absolute Gasteiger partial charge is 0.483 e. The Labute approximate surface area is 151 Å². The van der Waals surface area contributed by atoms with Crippen LogP contribution in [-0.2, 0) is 13.2 Å². The number of nitrogens with zero attached hydrogens (tertiary/aromatic N) is 1. The van der Waals surface area contributed by atoms with Crippen molar-refractivity contribution in [1.29, 1.82) is 0 Å². The van der Waals surface area contributed by atoms with Gasteiger partial charge >= 0.3 is 0 Å². The zero-order chi connectivity index (χ0) is 18.4. The quantitative estimate of drug-likeness (QED) is 0.686. The summed E-state index contributed by atoms with van der Waals surface area (Å²) in [6.07, 6.45) is 0.525. The molecule has 0 aliphatic rings. The molecule has 5 nitrogen and oxygen atoms in total. The molecule has 0 amide bonds. The number of aliphatic hydroxyl groups is 2. The SMILES string of the molecule is O=c1ccn(CCO)c(C(O)c2ccccc2)c1OCc1ccccc1. The molecule has 1 atom stereocenters. The summed E-state index contributed by atoms with van der Waals surface area (Å²) in [5.41, 5.74) is 1.60. The van der Waals surface area contributed by atoms with Crippen molar-refractivity contribution >= 4 is 0 Å². The number of aliphatic hydroxyl groups excluding tert-OH is 2. The van der Waals surface area contributed by atoms with Crippen molar-refractivity contribution in [3.8, 4) is 5.75 Å². The molecular weight excluding hydrogens is 330 g/mol. The van der Waals surface area contributed by atoms with E-state index in [1.807, 2.05) is 48.5 Å². The third-order valence-electron chi connectivity index (χ3n) is 4.11. The second kappa shape index (κ2) is 8.47. The lowest BCUT2D eigenvalue weighted by Gasteiger charge is -2.21. The van der Waals surface area contributed by atoms with Crippen LogP contribution in [0.5, 0.6) is 5.75 Å². The summed E-state index contributed by atoms with van der Waals surface area (Å²) in [7, 11) is 0. The Hall–Kier alpha value is -2.89. The van der Waals surface area contributed by atoms with Gasteiger partial charge in [0.2, 0.25) is 5.43 Å². The van der Waals surface area contributed by atoms with E-state index in [0.717, 1.165) is 5.56 Å². The molecule has 0 bridgehead atoms. The molecule has 0 aliphatic carbocycles. The minimum atomic E-state index is -1.04. The molecule has 3 rings (SSSR count). The summed E-state index contributed by atoms with van der Waals surface area (Å²) in [6.45, 7) is 0.352. The van der Waals surface area contributed by atoms with E-state index in [4.69, 9.17) is 4.74 Å². The topological polar surface area (TPSA) is 71.7 Å². The molecule has 0 spiro atoms. The minimum absolute atomic E-state index is 0.0983. The van der Waals surface area contributed by atoms with Crippen molar-refractivity contribution < 1.29 is 14.9 Å². The molecule has 2 aromatic carbocycles. The molecule has 1 unspecified atom stereocenters. The van der Waals surface area contributed by atoms with E-state index < -0.39 is 6.10 Å². The molecule has 26 heavy (non-hydrogen) atoms. The van der Waals surface area contributed by atoms with E-state index in [9.17, 15) is 15.0 Å². The number of ether oxygens (including phenoxy) is 1. The van der Waals surface area contributed by atoms with Crippen LogP contribution in [0.1, 0.15) is 22.9 Å². The Kier molecular flexibility index (Phi) is 5.84. The van der Waals surface area contributed by atoms with Gasteiger partial charge in [0.15, 0.2) is 5.75 Å². The van der Waals surface area contributed by atoms with Gasteiger partial charge in [-0.3, -0.25) is 4.79 Å². The van der Waals surface area contributed by atoms with Crippen molar-refractivity contribution in [3.05, 3.63) is 100.0 Å². The van der Waals surface area contributed by atoms with Gasteiger partial charge in [-0.2, -0.15) is 0 Å². The summed E-state index contributed by atoms with van der Waals surface area (Å²) in [6, 6.07) is 20.0. The van der Waals surface area contributed by atoms with E-state index in [-0.39, 0.29) is 30.9 Å². The molecule has 0 fully saturated rings. The van der Waals surface area contributed by atoms with Gasteiger partial charge in [-0.25, -0.2) is 0 Å². The van der Waals surface area contributed by atoms with Crippen LogP contribution in [0.3, 0.4) is 0 Å². The van der Waals surface area contributed by atoms with Crippen LogP contribution >= 0.6 is 0 Å². The van der Waals surface area contributed by atoms with Gasteiger partial charge in [-0.1, -0.05) is 60.7 Å². The Morgan fingerprint density at radius 2 is 1.62 bits per heavy atom. The minimum Gasteiger partial charge on any atom is -0.483 e. The molecule has 0 aliphatic heterocycles. The number of benzene rings is 2. The second-order valence-corrected chi connectivity index (χ2v) is 5.90. The molecule has 0 saturated carbocycles. The average Bonchev–Trinajstić information content (AvgIpc) is 2.69. The molecule has 0 radical (unpaired) electrons. The standard InChI is InChI=1S/C21H21NO4/c23-14-13-22-12-11-18(24)21(26-15-16-7-3-1-4-8-16)19(22)20(25)17-9-5-2-6-10-17/h1-12,20,23,25H,13-15H2. The highest BCUT2D eigenvalue weighted by molar-refractivity contribution is 5.36. The molecule has 0 saturated heterocycles. The third kappa shape index (κ3) is 4.02. The van der Waals surface area contributed by atoms with Crippen LogP contribution < -0.4 is 10.2 Å². The fourth-order valence-corrected chi connectivity index (χ4v) is 2.82. The van der Waals surface area contributed by atoms with Gasteiger partial charge in [0.05, 0.1) is 12.3 Å². The molecule has 1 aromatic heterocycles. The normalized spacial score (nSPS) is 11.9. The van der Waals surface area contributed by atoms with Crippen molar-refractivity contribution in [2.24, 2.45) is 0 Å². The zero-order valence-electron chi connectivity index (χ0n) is 14.3. The van der Waals surface area contributed by atoms with E-state index in [1.54, 1.807) is 22.9 Å². The van der Waals surface area contributed by atoms with Gasteiger partial charge in [0.25, 0.3) is 0 Å². The number of aromatic nitrogens is 1. The molecule has 1 heterocycles. The van der Waals surface area contributed by atoms with E-state index in [1.165, 1.54) is 6.07 Å². The predicted molar refractivity (Wildman–Crippen MR) is 99.1 cm³/mol. The maximum Gasteiger partial charge on any atom is 0.223 e. The summed E-state index contributed by atoms with van der Waals surface area (Å²) in [5.74, 6) is 0.0983. The first-order valence-corrected chi connectivity index (χ1v) is 8.44. The molecule has 5 heteroatoms. The van der Waals surface area contributed by atoms with Gasteiger partial charge in [0.1, 0.15) is 12.7 Å².